The van der Waals surface area contributed by atoms with E-state index in [1.54, 1.807) is 18.2 Å². The molecule has 1 aromatic heterocycles. The summed E-state index contributed by atoms with van der Waals surface area (Å²) in [7, 11) is -6.05. The molecule has 3 rings (SSSR count). The Balaban J connectivity index is 2.05. The zero-order valence-electron chi connectivity index (χ0n) is 23.3. The third-order valence-corrected chi connectivity index (χ3v) is 14.6. The Morgan fingerprint density at radius 3 is 2.47 bits per heavy atom. The number of benzene rings is 1. The fourth-order valence-corrected chi connectivity index (χ4v) is 7.86. The van der Waals surface area contributed by atoms with E-state index < -0.39 is 35.9 Å². The van der Waals surface area contributed by atoms with E-state index in [-0.39, 0.29) is 35.1 Å². The lowest BCUT2D eigenvalue weighted by Crippen LogP contribution is -2.44. The van der Waals surface area contributed by atoms with Crippen molar-refractivity contribution in [1.82, 2.24) is 14.2 Å². The van der Waals surface area contributed by atoms with Crippen molar-refractivity contribution in [2.45, 2.75) is 83.1 Å². The highest BCUT2D eigenvalue weighted by molar-refractivity contribution is 9.10. The van der Waals surface area contributed by atoms with Gasteiger partial charge in [0.1, 0.15) is 4.90 Å². The monoisotopic (exact) mass is 629 g/mol. The van der Waals surface area contributed by atoms with Gasteiger partial charge >= 0.3 is 6.09 Å². The number of amides is 1. The molecule has 0 saturated carbocycles. The molecule has 1 saturated heterocycles. The summed E-state index contributed by atoms with van der Waals surface area (Å²) in [4.78, 5) is 24.6. The van der Waals surface area contributed by atoms with E-state index in [0.717, 1.165) is 0 Å². The number of nitrogens with zero attached hydrogens (tertiary/aromatic N) is 2. The van der Waals surface area contributed by atoms with Crippen LogP contribution in [0.2, 0.25) is 18.1 Å². The second-order valence-electron chi connectivity index (χ2n) is 12.4. The molecular weight excluding hydrogens is 590 g/mol. The largest absolute Gasteiger partial charge is 0.465 e. The molecule has 0 radical (unpaired) electrons. The number of nitrogens with one attached hydrogen (secondary N) is 1. The van der Waals surface area contributed by atoms with Crippen LogP contribution in [-0.2, 0) is 21.0 Å². The molecule has 2 heterocycles. The number of hydrogen-bond donors (Lipinski definition) is 2. The van der Waals surface area contributed by atoms with Crippen molar-refractivity contribution in [2.24, 2.45) is 5.41 Å². The Morgan fingerprint density at radius 1 is 1.21 bits per heavy atom. The van der Waals surface area contributed by atoms with Gasteiger partial charge in [-0.1, -0.05) is 50.5 Å². The highest BCUT2D eigenvalue weighted by atomic mass is 79.9. The van der Waals surface area contributed by atoms with Crippen LogP contribution in [0.5, 0.6) is 0 Å². The van der Waals surface area contributed by atoms with E-state index in [2.05, 4.69) is 55.1 Å². The van der Waals surface area contributed by atoms with E-state index in [4.69, 9.17) is 9.53 Å². The number of rotatable bonds is 9. The molecule has 1 aliphatic heterocycles. The molecule has 2 N–H and O–H groups in total. The lowest BCUT2D eigenvalue weighted by molar-refractivity contribution is 0.145. The van der Waals surface area contributed by atoms with Crippen molar-refractivity contribution in [1.29, 1.82) is 0 Å². The van der Waals surface area contributed by atoms with Crippen molar-refractivity contribution in [3.63, 3.8) is 0 Å². The highest BCUT2D eigenvalue weighted by Crippen LogP contribution is 2.38. The third-order valence-electron chi connectivity index (χ3n) is 7.64. The van der Waals surface area contributed by atoms with Gasteiger partial charge in [0, 0.05) is 59.1 Å². The SMILES string of the molecule is CC(C)(CO[Si](C)(C)C(C)(C)C)Cn1cc(S(=O)(=O)N2CCC[C@@H]2CNC(=O)O)c2cc(Br)ccc2c1=O. The number of hydrogen-bond acceptors (Lipinski definition) is 5. The number of sulfonamides is 1. The topological polar surface area (TPSA) is 118 Å². The average Bonchev–Trinajstić information content (AvgIpc) is 3.27. The fraction of sp³-hybridized carbons (Fsp3) is 0.615. The van der Waals surface area contributed by atoms with Gasteiger partial charge in [0.05, 0.1) is 0 Å². The van der Waals surface area contributed by atoms with Crippen LogP contribution < -0.4 is 10.9 Å². The first-order chi connectivity index (χ1) is 17.4. The molecule has 0 bridgehead atoms. The van der Waals surface area contributed by atoms with Crippen molar-refractivity contribution in [3.8, 4) is 0 Å². The molecule has 0 aliphatic carbocycles. The van der Waals surface area contributed by atoms with E-state index in [1.807, 2.05) is 13.8 Å². The van der Waals surface area contributed by atoms with Gasteiger partial charge in [-0.2, -0.15) is 4.31 Å². The summed E-state index contributed by atoms with van der Waals surface area (Å²) in [6.07, 6.45) is 1.43. The average molecular weight is 631 g/mol. The Hall–Kier alpha value is -1.73. The maximum atomic E-state index is 14.0. The maximum absolute atomic E-state index is 14.0. The molecule has 212 valence electrons. The van der Waals surface area contributed by atoms with E-state index in [1.165, 1.54) is 15.1 Å². The number of aromatic nitrogens is 1. The van der Waals surface area contributed by atoms with E-state index >= 15 is 0 Å². The van der Waals surface area contributed by atoms with Crippen molar-refractivity contribution < 1.29 is 22.7 Å². The first-order valence-electron chi connectivity index (χ1n) is 12.8. The minimum Gasteiger partial charge on any atom is -0.465 e. The minimum atomic E-state index is -4.03. The molecule has 12 heteroatoms. The Kier molecular flexibility index (Phi) is 8.94. The zero-order valence-corrected chi connectivity index (χ0v) is 26.7. The van der Waals surface area contributed by atoms with Gasteiger partial charge in [-0.3, -0.25) is 4.79 Å². The number of carbonyl (C=O) groups is 1. The van der Waals surface area contributed by atoms with Gasteiger partial charge in [0.25, 0.3) is 5.56 Å². The van der Waals surface area contributed by atoms with Crippen LogP contribution in [0.25, 0.3) is 10.8 Å². The Labute approximate surface area is 234 Å². The second-order valence-corrected chi connectivity index (χ2v) is 20.0. The van der Waals surface area contributed by atoms with Gasteiger partial charge in [-0.25, -0.2) is 13.2 Å². The quantitative estimate of drug-likeness (QED) is 0.367. The van der Waals surface area contributed by atoms with Crippen LogP contribution >= 0.6 is 15.9 Å². The molecule has 1 aliphatic rings. The summed E-state index contributed by atoms with van der Waals surface area (Å²) >= 11 is 3.41. The molecular formula is C26H40BrN3O6SSi. The van der Waals surface area contributed by atoms with E-state index in [0.29, 0.717) is 34.7 Å². The molecule has 1 fully saturated rings. The maximum Gasteiger partial charge on any atom is 0.404 e. The summed E-state index contributed by atoms with van der Waals surface area (Å²) in [5.41, 5.74) is -0.706. The van der Waals surface area contributed by atoms with E-state index in [9.17, 15) is 18.0 Å². The van der Waals surface area contributed by atoms with Gasteiger partial charge < -0.3 is 19.4 Å². The van der Waals surface area contributed by atoms with Crippen molar-refractivity contribution >= 4 is 51.1 Å². The van der Waals surface area contributed by atoms with Crippen LogP contribution in [0.15, 0.2) is 38.6 Å². The minimum absolute atomic E-state index is 0.00759. The first-order valence-corrected chi connectivity index (χ1v) is 18.0. The summed E-state index contributed by atoms with van der Waals surface area (Å²) in [6.45, 7) is 15.9. The van der Waals surface area contributed by atoms with Crippen LogP contribution in [0.1, 0.15) is 47.5 Å². The molecule has 1 atom stereocenters. The second kappa shape index (κ2) is 11.0. The molecule has 1 aromatic carbocycles. The van der Waals surface area contributed by atoms with Crippen LogP contribution in [-0.4, -0.2) is 62.5 Å². The lowest BCUT2D eigenvalue weighted by Gasteiger charge is -2.39. The standard InChI is InChI=1S/C26H40BrN3O6SSi/c1-25(2,3)38(6,7)36-17-26(4,5)16-29-15-22(21-13-18(27)10-11-20(21)23(29)31)37(34,35)30-12-8-9-19(30)14-28-24(32)33/h10-11,13,15,19,28H,8-9,12,14,16-17H2,1-7H3,(H,32,33)/t19-/m1/s1. The predicted molar refractivity (Wildman–Crippen MR) is 156 cm³/mol. The van der Waals surface area contributed by atoms with Gasteiger partial charge in [-0.05, 0) is 49.2 Å². The number of pyridine rings is 1. The van der Waals surface area contributed by atoms with Crippen LogP contribution in [0.4, 0.5) is 4.79 Å². The number of carboxylic acid groups (broad SMARTS) is 1. The van der Waals surface area contributed by atoms with Crippen molar-refractivity contribution in [2.75, 3.05) is 19.7 Å². The van der Waals surface area contributed by atoms with Gasteiger partial charge in [-0.15, -0.1) is 0 Å². The van der Waals surface area contributed by atoms with Gasteiger partial charge in [0.2, 0.25) is 10.0 Å². The summed E-state index contributed by atoms with van der Waals surface area (Å²) in [6, 6.07) is 4.53. The summed E-state index contributed by atoms with van der Waals surface area (Å²) in [5.74, 6) is 0. The molecule has 9 nitrogen and oxygen atoms in total. The Morgan fingerprint density at radius 2 is 1.87 bits per heavy atom. The normalized spacial score (nSPS) is 17.7. The third kappa shape index (κ3) is 6.69. The fourth-order valence-electron chi connectivity index (χ4n) is 4.41. The summed E-state index contributed by atoms with van der Waals surface area (Å²) in [5, 5.41) is 12.0. The first kappa shape index (κ1) is 30.8. The molecule has 0 unspecified atom stereocenters. The number of halogens is 1. The smallest absolute Gasteiger partial charge is 0.404 e. The molecule has 0 spiro atoms. The lowest BCUT2D eigenvalue weighted by atomic mass is 9.94. The number of fused-ring (bicyclic) bond motifs is 1. The highest BCUT2D eigenvalue weighted by Gasteiger charge is 2.39. The van der Waals surface area contributed by atoms with Crippen LogP contribution in [0, 0.1) is 5.41 Å². The van der Waals surface area contributed by atoms with Crippen LogP contribution in [0.3, 0.4) is 0 Å². The molecule has 2 aromatic rings. The summed E-state index contributed by atoms with van der Waals surface area (Å²) < 4.78 is 38.0. The molecule has 38 heavy (non-hydrogen) atoms. The predicted octanol–water partition coefficient (Wildman–Crippen LogP) is 5.23. The molecule has 1 amide bonds. The Bertz CT molecular complexity index is 1370. The van der Waals surface area contributed by atoms with Crippen molar-refractivity contribution in [3.05, 3.63) is 39.2 Å². The zero-order chi connectivity index (χ0) is 28.7. The van der Waals surface area contributed by atoms with Gasteiger partial charge in [0.15, 0.2) is 8.32 Å².